The normalized spacial score (nSPS) is 15.0. The molecule has 4 heteroatoms. The van der Waals surface area contributed by atoms with Crippen molar-refractivity contribution in [1.29, 1.82) is 0 Å². The van der Waals surface area contributed by atoms with Gasteiger partial charge >= 0.3 is 0 Å². The maximum atomic E-state index is 12.5. The van der Waals surface area contributed by atoms with Crippen molar-refractivity contribution in [3.63, 3.8) is 0 Å². The summed E-state index contributed by atoms with van der Waals surface area (Å²) in [6.07, 6.45) is 1.40. The fraction of sp³-hybridized carbons (Fsp3) is 0.278. The maximum absolute atomic E-state index is 12.5. The molecule has 3 rings (SSSR count). The lowest BCUT2D eigenvalue weighted by atomic mass is 10.1. The van der Waals surface area contributed by atoms with E-state index in [1.807, 2.05) is 48.5 Å². The number of ether oxygens (including phenoxy) is 2. The number of benzene rings is 2. The van der Waals surface area contributed by atoms with Crippen molar-refractivity contribution in [3.8, 4) is 11.5 Å². The van der Waals surface area contributed by atoms with E-state index in [1.165, 1.54) is 0 Å². The Hall–Kier alpha value is -2.49. The third kappa shape index (κ3) is 3.39. The zero-order valence-corrected chi connectivity index (χ0v) is 12.5. The lowest BCUT2D eigenvalue weighted by Crippen LogP contribution is -2.33. The van der Waals surface area contributed by atoms with Gasteiger partial charge in [0.1, 0.15) is 0 Å². The average Bonchev–Trinajstić information content (AvgIpc) is 3.37. The zero-order valence-electron chi connectivity index (χ0n) is 12.5. The first-order chi connectivity index (χ1) is 10.8. The van der Waals surface area contributed by atoms with Crippen molar-refractivity contribution in [3.05, 3.63) is 60.2 Å². The predicted octanol–water partition coefficient (Wildman–Crippen LogP) is 3.09. The lowest BCUT2D eigenvalue weighted by Gasteiger charge is -2.20. The van der Waals surface area contributed by atoms with Crippen molar-refractivity contribution < 1.29 is 14.3 Å². The van der Waals surface area contributed by atoms with Gasteiger partial charge in [-0.1, -0.05) is 42.5 Å². The Morgan fingerprint density at radius 2 is 1.68 bits per heavy atom. The maximum Gasteiger partial charge on any atom is 0.266 e. The van der Waals surface area contributed by atoms with Crippen molar-refractivity contribution in [1.82, 2.24) is 5.32 Å². The highest BCUT2D eigenvalue weighted by molar-refractivity contribution is 5.83. The van der Waals surface area contributed by atoms with Crippen LogP contribution >= 0.6 is 0 Å². The van der Waals surface area contributed by atoms with Crippen molar-refractivity contribution >= 4 is 5.91 Å². The molecule has 1 saturated carbocycles. The van der Waals surface area contributed by atoms with E-state index in [1.54, 1.807) is 13.2 Å². The minimum Gasteiger partial charge on any atom is -0.493 e. The number of nitrogens with one attached hydrogen (secondary N) is 1. The van der Waals surface area contributed by atoms with Crippen LogP contribution < -0.4 is 14.8 Å². The molecule has 4 nitrogen and oxygen atoms in total. The molecule has 2 aromatic rings. The van der Waals surface area contributed by atoms with Crippen LogP contribution in [0.15, 0.2) is 54.6 Å². The van der Waals surface area contributed by atoms with E-state index in [4.69, 9.17) is 9.47 Å². The quantitative estimate of drug-likeness (QED) is 0.891. The summed E-state index contributed by atoms with van der Waals surface area (Å²) in [5, 5.41) is 3.01. The zero-order chi connectivity index (χ0) is 15.4. The summed E-state index contributed by atoms with van der Waals surface area (Å²) in [5.41, 5.74) is 0.826. The topological polar surface area (TPSA) is 47.6 Å². The minimum atomic E-state index is -0.682. The monoisotopic (exact) mass is 297 g/mol. The molecule has 0 aromatic heterocycles. The molecule has 1 amide bonds. The van der Waals surface area contributed by atoms with Gasteiger partial charge in [0.15, 0.2) is 11.5 Å². The second-order valence-electron chi connectivity index (χ2n) is 5.34. The first-order valence-corrected chi connectivity index (χ1v) is 7.43. The summed E-state index contributed by atoms with van der Waals surface area (Å²) in [7, 11) is 1.59. The fourth-order valence-corrected chi connectivity index (χ4v) is 2.25. The van der Waals surface area contributed by atoms with E-state index in [0.717, 1.165) is 18.4 Å². The van der Waals surface area contributed by atoms with Gasteiger partial charge in [0.2, 0.25) is 6.10 Å². The third-order valence-corrected chi connectivity index (χ3v) is 3.58. The average molecular weight is 297 g/mol. The van der Waals surface area contributed by atoms with Gasteiger partial charge in [0.05, 0.1) is 7.11 Å². The predicted molar refractivity (Wildman–Crippen MR) is 84.0 cm³/mol. The number of amides is 1. The molecular formula is C18H19NO3. The molecule has 1 aliphatic carbocycles. The van der Waals surface area contributed by atoms with Crippen LogP contribution in [0.25, 0.3) is 0 Å². The van der Waals surface area contributed by atoms with E-state index in [-0.39, 0.29) is 5.91 Å². The van der Waals surface area contributed by atoms with E-state index in [2.05, 4.69) is 5.32 Å². The molecule has 1 fully saturated rings. The number of methoxy groups -OCH3 is 1. The van der Waals surface area contributed by atoms with Crippen LogP contribution in [0.1, 0.15) is 24.5 Å². The second kappa shape index (κ2) is 6.52. The molecule has 1 N–H and O–H groups in total. The van der Waals surface area contributed by atoms with Gasteiger partial charge in [-0.15, -0.1) is 0 Å². The van der Waals surface area contributed by atoms with Crippen LogP contribution in [0.4, 0.5) is 0 Å². The van der Waals surface area contributed by atoms with E-state index in [9.17, 15) is 4.79 Å². The molecule has 0 spiro atoms. The highest BCUT2D eigenvalue weighted by atomic mass is 16.5. The number of hydrogen-bond donors (Lipinski definition) is 1. The van der Waals surface area contributed by atoms with Gasteiger partial charge in [-0.3, -0.25) is 4.79 Å². The molecule has 0 heterocycles. The molecule has 114 valence electrons. The summed E-state index contributed by atoms with van der Waals surface area (Å²) in [6.45, 7) is 0. The molecule has 22 heavy (non-hydrogen) atoms. The van der Waals surface area contributed by atoms with Gasteiger partial charge in [-0.05, 0) is 25.0 Å². The van der Waals surface area contributed by atoms with Crippen molar-refractivity contribution in [2.45, 2.75) is 25.0 Å². The standard InChI is InChI=1S/C18H19NO3/c1-21-15-9-5-6-10-16(15)22-17(13-7-3-2-4-8-13)18(20)19-14-11-12-14/h2-10,14,17H,11-12H2,1H3,(H,19,20)/t17-/m0/s1. The minimum absolute atomic E-state index is 0.111. The molecule has 1 aliphatic rings. The number of carbonyl (C=O) groups is 1. The SMILES string of the molecule is COc1ccccc1O[C@H](C(=O)NC1CC1)c1ccccc1. The Kier molecular flexibility index (Phi) is 4.28. The molecule has 0 saturated heterocycles. The lowest BCUT2D eigenvalue weighted by molar-refractivity contribution is -0.128. The number of para-hydroxylation sites is 2. The number of rotatable bonds is 6. The van der Waals surface area contributed by atoms with Gasteiger partial charge in [0.25, 0.3) is 5.91 Å². The largest absolute Gasteiger partial charge is 0.493 e. The van der Waals surface area contributed by atoms with Crippen LogP contribution in [-0.2, 0) is 4.79 Å². The Morgan fingerprint density at radius 1 is 1.05 bits per heavy atom. The second-order valence-corrected chi connectivity index (χ2v) is 5.34. The van der Waals surface area contributed by atoms with E-state index < -0.39 is 6.10 Å². The molecule has 0 radical (unpaired) electrons. The summed E-state index contributed by atoms with van der Waals surface area (Å²) < 4.78 is 11.3. The molecule has 0 aliphatic heterocycles. The third-order valence-electron chi connectivity index (χ3n) is 3.58. The van der Waals surface area contributed by atoms with Gasteiger partial charge < -0.3 is 14.8 Å². The molecule has 1 atom stereocenters. The van der Waals surface area contributed by atoms with Gasteiger partial charge in [-0.25, -0.2) is 0 Å². The van der Waals surface area contributed by atoms with Crippen molar-refractivity contribution in [2.75, 3.05) is 7.11 Å². The Bertz CT molecular complexity index is 638. The van der Waals surface area contributed by atoms with Crippen LogP contribution in [0.3, 0.4) is 0 Å². The van der Waals surface area contributed by atoms with Crippen LogP contribution in [0.5, 0.6) is 11.5 Å². The van der Waals surface area contributed by atoms with Gasteiger partial charge in [0, 0.05) is 11.6 Å². The Morgan fingerprint density at radius 3 is 2.32 bits per heavy atom. The van der Waals surface area contributed by atoms with Crippen molar-refractivity contribution in [2.24, 2.45) is 0 Å². The smallest absolute Gasteiger partial charge is 0.266 e. The Labute approximate surface area is 130 Å². The molecule has 0 bridgehead atoms. The van der Waals surface area contributed by atoms with Crippen LogP contribution in [0, 0.1) is 0 Å². The van der Waals surface area contributed by atoms with Crippen LogP contribution in [0.2, 0.25) is 0 Å². The first-order valence-electron chi connectivity index (χ1n) is 7.43. The summed E-state index contributed by atoms with van der Waals surface area (Å²) in [6, 6.07) is 17.2. The molecule has 0 unspecified atom stereocenters. The molecular weight excluding hydrogens is 278 g/mol. The highest BCUT2D eigenvalue weighted by Gasteiger charge is 2.30. The Balaban J connectivity index is 1.86. The number of carbonyl (C=O) groups excluding carboxylic acids is 1. The first kappa shape index (κ1) is 14.4. The fourth-order valence-electron chi connectivity index (χ4n) is 2.25. The molecule has 2 aromatic carbocycles. The van der Waals surface area contributed by atoms with E-state index >= 15 is 0 Å². The van der Waals surface area contributed by atoms with Crippen LogP contribution in [-0.4, -0.2) is 19.1 Å². The summed E-state index contributed by atoms with van der Waals surface area (Å²) >= 11 is 0. The summed E-state index contributed by atoms with van der Waals surface area (Å²) in [4.78, 5) is 12.5. The van der Waals surface area contributed by atoms with Gasteiger partial charge in [-0.2, -0.15) is 0 Å². The van der Waals surface area contributed by atoms with E-state index in [0.29, 0.717) is 17.5 Å². The highest BCUT2D eigenvalue weighted by Crippen LogP contribution is 2.31. The summed E-state index contributed by atoms with van der Waals surface area (Å²) in [5.74, 6) is 1.06. The number of hydrogen-bond acceptors (Lipinski definition) is 3.